The topological polar surface area (TPSA) is 72.2 Å². The molecule has 4 nitrogen and oxygen atoms in total. The van der Waals surface area contributed by atoms with E-state index >= 15 is 0 Å². The molecule has 0 aliphatic carbocycles. The molecule has 0 unspecified atom stereocenters. The van der Waals surface area contributed by atoms with Crippen LogP contribution in [0.2, 0.25) is 0 Å². The van der Waals surface area contributed by atoms with Crippen molar-refractivity contribution < 1.29 is 12.8 Å². The Morgan fingerprint density at radius 2 is 1.95 bits per heavy atom. The molecule has 3 N–H and O–H groups in total. The number of nitrogens with two attached hydrogens (primary N) is 1. The van der Waals surface area contributed by atoms with Gasteiger partial charge in [0.05, 0.1) is 4.90 Å². The van der Waals surface area contributed by atoms with Crippen LogP contribution < -0.4 is 10.5 Å². The van der Waals surface area contributed by atoms with Crippen molar-refractivity contribution in [2.75, 3.05) is 5.73 Å². The number of hydrogen-bond donors (Lipinski definition) is 2. The number of benzene rings is 2. The van der Waals surface area contributed by atoms with Gasteiger partial charge in [-0.15, -0.1) is 0 Å². The Kier molecular flexibility index (Phi) is 4.59. The quantitative estimate of drug-likeness (QED) is 0.833. The van der Waals surface area contributed by atoms with Gasteiger partial charge in [0.1, 0.15) is 5.82 Å². The summed E-state index contributed by atoms with van der Waals surface area (Å²) in [5, 5.41) is 0. The summed E-state index contributed by atoms with van der Waals surface area (Å²) in [6.45, 7) is 1.90. The van der Waals surface area contributed by atoms with Crippen molar-refractivity contribution in [2.45, 2.75) is 24.8 Å². The molecule has 0 spiro atoms. The van der Waals surface area contributed by atoms with Crippen molar-refractivity contribution in [3.8, 4) is 0 Å². The summed E-state index contributed by atoms with van der Waals surface area (Å²) in [6, 6.07) is 10.6. The maximum atomic E-state index is 13.1. The Morgan fingerprint density at radius 1 is 1.19 bits per heavy atom. The lowest BCUT2D eigenvalue weighted by molar-refractivity contribution is 0.579. The second-order valence-corrected chi connectivity index (χ2v) is 6.41. The first-order valence-corrected chi connectivity index (χ1v) is 8.03. The van der Waals surface area contributed by atoms with E-state index in [-0.39, 0.29) is 11.4 Å². The van der Waals surface area contributed by atoms with Crippen molar-refractivity contribution in [1.82, 2.24) is 4.72 Å². The van der Waals surface area contributed by atoms with Crippen LogP contribution in [0, 0.1) is 5.82 Å². The maximum Gasteiger partial charge on any atom is 0.241 e. The van der Waals surface area contributed by atoms with Gasteiger partial charge >= 0.3 is 0 Å². The SMILES string of the molecule is CCc1ccc(N)cc1S(=O)(=O)NCc1cccc(F)c1. The first-order chi connectivity index (χ1) is 9.92. The summed E-state index contributed by atoms with van der Waals surface area (Å²) in [7, 11) is -3.69. The molecule has 0 radical (unpaired) electrons. The van der Waals surface area contributed by atoms with Crippen LogP contribution >= 0.6 is 0 Å². The van der Waals surface area contributed by atoms with Crippen LogP contribution in [0.3, 0.4) is 0 Å². The fraction of sp³-hybridized carbons (Fsp3) is 0.200. The number of nitrogens with one attached hydrogen (secondary N) is 1. The number of aryl methyl sites for hydroxylation is 1. The minimum absolute atomic E-state index is 0.0258. The number of hydrogen-bond acceptors (Lipinski definition) is 3. The largest absolute Gasteiger partial charge is 0.399 e. The van der Waals surface area contributed by atoms with E-state index < -0.39 is 15.8 Å². The third kappa shape index (κ3) is 3.80. The second-order valence-electron chi connectivity index (χ2n) is 4.68. The molecule has 112 valence electrons. The van der Waals surface area contributed by atoms with Gasteiger partial charge in [0.25, 0.3) is 0 Å². The molecule has 0 saturated heterocycles. The fourth-order valence-corrected chi connectivity index (χ4v) is 3.38. The van der Waals surface area contributed by atoms with Crippen LogP contribution in [0.25, 0.3) is 0 Å². The fourth-order valence-electron chi connectivity index (χ4n) is 2.02. The normalized spacial score (nSPS) is 11.5. The Labute approximate surface area is 123 Å². The van der Waals surface area contributed by atoms with E-state index in [9.17, 15) is 12.8 Å². The zero-order valence-electron chi connectivity index (χ0n) is 11.6. The highest BCUT2D eigenvalue weighted by Gasteiger charge is 2.18. The summed E-state index contributed by atoms with van der Waals surface area (Å²) >= 11 is 0. The number of halogens is 1. The van der Waals surface area contributed by atoms with Gasteiger partial charge in [-0.05, 0) is 41.8 Å². The van der Waals surface area contributed by atoms with Crippen LogP contribution in [0.4, 0.5) is 10.1 Å². The predicted molar refractivity (Wildman–Crippen MR) is 80.7 cm³/mol. The molecule has 2 rings (SSSR count). The molecule has 0 aromatic heterocycles. The minimum Gasteiger partial charge on any atom is -0.399 e. The molecule has 0 fully saturated rings. The zero-order valence-corrected chi connectivity index (χ0v) is 12.5. The molecule has 2 aromatic rings. The van der Waals surface area contributed by atoms with E-state index in [4.69, 9.17) is 5.73 Å². The van der Waals surface area contributed by atoms with Crippen LogP contribution in [-0.4, -0.2) is 8.42 Å². The van der Waals surface area contributed by atoms with Crippen LogP contribution in [-0.2, 0) is 23.0 Å². The molecule has 0 atom stereocenters. The first-order valence-electron chi connectivity index (χ1n) is 6.55. The summed E-state index contributed by atoms with van der Waals surface area (Å²) < 4.78 is 40.3. The molecule has 21 heavy (non-hydrogen) atoms. The summed E-state index contributed by atoms with van der Waals surface area (Å²) in [5.41, 5.74) is 7.30. The molecular weight excluding hydrogens is 291 g/mol. The van der Waals surface area contributed by atoms with Gasteiger partial charge < -0.3 is 5.73 Å². The summed E-state index contributed by atoms with van der Waals surface area (Å²) in [6.07, 6.45) is 0.580. The van der Waals surface area contributed by atoms with Gasteiger partial charge in [-0.1, -0.05) is 25.1 Å². The standard InChI is InChI=1S/C15H17FN2O2S/c1-2-12-6-7-14(17)9-15(12)21(19,20)18-10-11-4-3-5-13(16)8-11/h3-9,18H,2,10,17H2,1H3. The average molecular weight is 308 g/mol. The molecule has 6 heteroatoms. The van der Waals surface area contributed by atoms with E-state index in [1.54, 1.807) is 18.2 Å². The van der Waals surface area contributed by atoms with Crippen molar-refractivity contribution in [3.05, 3.63) is 59.4 Å². The van der Waals surface area contributed by atoms with Gasteiger partial charge in [-0.2, -0.15) is 0 Å². The van der Waals surface area contributed by atoms with Gasteiger partial charge in [-0.3, -0.25) is 0 Å². The highest BCUT2D eigenvalue weighted by atomic mass is 32.2. The van der Waals surface area contributed by atoms with Gasteiger partial charge in [0.2, 0.25) is 10.0 Å². The predicted octanol–water partition coefficient (Wildman–Crippen LogP) is 2.45. The van der Waals surface area contributed by atoms with Crippen molar-refractivity contribution >= 4 is 15.7 Å². The highest BCUT2D eigenvalue weighted by molar-refractivity contribution is 7.89. The third-order valence-electron chi connectivity index (χ3n) is 3.12. The van der Waals surface area contributed by atoms with E-state index in [1.807, 2.05) is 6.92 Å². The Bertz CT molecular complexity index is 745. The van der Waals surface area contributed by atoms with Crippen LogP contribution in [0.5, 0.6) is 0 Å². The number of rotatable bonds is 5. The average Bonchev–Trinajstić information content (AvgIpc) is 2.45. The van der Waals surface area contributed by atoms with Crippen molar-refractivity contribution in [3.63, 3.8) is 0 Å². The molecule has 0 aliphatic heterocycles. The van der Waals surface area contributed by atoms with Gasteiger partial charge in [0.15, 0.2) is 0 Å². The number of nitrogen functional groups attached to an aromatic ring is 1. The monoisotopic (exact) mass is 308 g/mol. The van der Waals surface area contributed by atoms with Crippen LogP contribution in [0.15, 0.2) is 47.4 Å². The highest BCUT2D eigenvalue weighted by Crippen LogP contribution is 2.20. The van der Waals surface area contributed by atoms with E-state index in [1.165, 1.54) is 24.3 Å². The minimum atomic E-state index is -3.69. The zero-order chi connectivity index (χ0) is 15.5. The van der Waals surface area contributed by atoms with E-state index in [0.29, 0.717) is 23.2 Å². The second kappa shape index (κ2) is 6.24. The molecule has 0 heterocycles. The Balaban J connectivity index is 2.24. The van der Waals surface area contributed by atoms with E-state index in [2.05, 4.69) is 4.72 Å². The number of sulfonamides is 1. The lowest BCUT2D eigenvalue weighted by Crippen LogP contribution is -2.24. The smallest absolute Gasteiger partial charge is 0.241 e. The lowest BCUT2D eigenvalue weighted by atomic mass is 10.1. The first kappa shape index (κ1) is 15.5. The maximum absolute atomic E-state index is 13.1. The third-order valence-corrected chi connectivity index (χ3v) is 4.60. The van der Waals surface area contributed by atoms with Gasteiger partial charge in [-0.25, -0.2) is 17.5 Å². The molecule has 0 saturated carbocycles. The molecule has 0 amide bonds. The Hall–Kier alpha value is -1.92. The van der Waals surface area contributed by atoms with Crippen molar-refractivity contribution in [2.24, 2.45) is 0 Å². The Morgan fingerprint density at radius 3 is 2.62 bits per heavy atom. The summed E-state index contributed by atoms with van der Waals surface area (Å²) in [5.74, 6) is -0.398. The molecular formula is C15H17FN2O2S. The molecule has 0 aliphatic rings. The summed E-state index contributed by atoms with van der Waals surface area (Å²) in [4.78, 5) is 0.168. The van der Waals surface area contributed by atoms with Crippen LogP contribution in [0.1, 0.15) is 18.1 Å². The lowest BCUT2D eigenvalue weighted by Gasteiger charge is -2.11. The van der Waals surface area contributed by atoms with Gasteiger partial charge in [0, 0.05) is 12.2 Å². The number of anilines is 1. The molecule has 2 aromatic carbocycles. The van der Waals surface area contributed by atoms with Crippen molar-refractivity contribution in [1.29, 1.82) is 0 Å². The molecule has 0 bridgehead atoms. The van der Waals surface area contributed by atoms with E-state index in [0.717, 1.165) is 0 Å².